The van der Waals surface area contributed by atoms with Crippen LogP contribution in [0.25, 0.3) is 0 Å². The molecule has 1 amide bonds. The molecule has 0 fully saturated rings. The van der Waals surface area contributed by atoms with E-state index in [0.29, 0.717) is 19.1 Å². The van der Waals surface area contributed by atoms with Gasteiger partial charge in [-0.05, 0) is 57.4 Å². The summed E-state index contributed by atoms with van der Waals surface area (Å²) in [6.07, 6.45) is 0.722. The van der Waals surface area contributed by atoms with E-state index in [1.54, 1.807) is 0 Å². The van der Waals surface area contributed by atoms with Crippen molar-refractivity contribution in [2.75, 3.05) is 25.0 Å². The fourth-order valence-electron chi connectivity index (χ4n) is 1.81. The number of hydrogen-bond acceptors (Lipinski definition) is 4. The van der Waals surface area contributed by atoms with Gasteiger partial charge in [0.2, 0.25) is 0 Å². The van der Waals surface area contributed by atoms with Gasteiger partial charge in [0.05, 0.1) is 6.54 Å². The topological polar surface area (TPSA) is 59.6 Å². The van der Waals surface area contributed by atoms with Gasteiger partial charge in [-0.1, -0.05) is 13.8 Å². The van der Waals surface area contributed by atoms with E-state index < -0.39 is 11.7 Å². The lowest BCUT2D eigenvalue weighted by atomic mass is 10.1. The Morgan fingerprint density at radius 1 is 1.13 bits per heavy atom. The average molecular weight is 322 g/mol. The van der Waals surface area contributed by atoms with Gasteiger partial charge in [0.15, 0.2) is 0 Å². The van der Waals surface area contributed by atoms with Crippen LogP contribution in [-0.4, -0.2) is 31.4 Å². The smallest absolute Gasteiger partial charge is 0.407 e. The molecular weight excluding hydrogens is 292 g/mol. The van der Waals surface area contributed by atoms with E-state index in [4.69, 9.17) is 9.47 Å². The molecule has 0 saturated heterocycles. The van der Waals surface area contributed by atoms with Gasteiger partial charge in [0, 0.05) is 12.2 Å². The molecule has 0 saturated carbocycles. The molecule has 5 heteroatoms. The van der Waals surface area contributed by atoms with Gasteiger partial charge < -0.3 is 20.1 Å². The highest BCUT2D eigenvalue weighted by Gasteiger charge is 2.15. The number of nitrogens with one attached hydrogen (secondary N) is 2. The van der Waals surface area contributed by atoms with Gasteiger partial charge in [-0.25, -0.2) is 4.79 Å². The zero-order chi connectivity index (χ0) is 17.3. The third-order valence-electron chi connectivity index (χ3n) is 2.94. The zero-order valence-electron chi connectivity index (χ0n) is 14.9. The minimum Gasteiger partial charge on any atom is -0.492 e. The van der Waals surface area contributed by atoms with Crippen molar-refractivity contribution < 1.29 is 14.3 Å². The number of anilines is 1. The molecule has 5 nitrogen and oxygen atoms in total. The molecule has 2 N–H and O–H groups in total. The van der Waals surface area contributed by atoms with Crippen LogP contribution >= 0.6 is 0 Å². The van der Waals surface area contributed by atoms with E-state index >= 15 is 0 Å². The van der Waals surface area contributed by atoms with E-state index in [1.165, 1.54) is 0 Å². The standard InChI is InChI=1S/C18H30N2O3/c1-14(2)10-11-19-15-6-8-16(9-7-15)22-13-12-20-17(21)23-18(3,4)5/h6-9,14,19H,10-13H2,1-5H3,(H,20,21). The van der Waals surface area contributed by atoms with Crippen LogP contribution in [0.2, 0.25) is 0 Å². The van der Waals surface area contributed by atoms with Gasteiger partial charge >= 0.3 is 6.09 Å². The molecule has 1 rings (SSSR count). The molecule has 0 spiro atoms. The summed E-state index contributed by atoms with van der Waals surface area (Å²) in [5, 5.41) is 6.04. The summed E-state index contributed by atoms with van der Waals surface area (Å²) in [4.78, 5) is 11.5. The first-order valence-electron chi connectivity index (χ1n) is 8.20. The van der Waals surface area contributed by atoms with E-state index in [2.05, 4.69) is 24.5 Å². The van der Waals surface area contributed by atoms with Gasteiger partial charge in [0.1, 0.15) is 18.0 Å². The van der Waals surface area contributed by atoms with E-state index in [9.17, 15) is 4.79 Å². The van der Waals surface area contributed by atoms with Crippen LogP contribution in [-0.2, 0) is 4.74 Å². The Hall–Kier alpha value is -1.91. The molecule has 0 atom stereocenters. The molecule has 0 unspecified atom stereocenters. The first-order valence-corrected chi connectivity index (χ1v) is 8.20. The summed E-state index contributed by atoms with van der Waals surface area (Å²) in [5.74, 6) is 1.48. The van der Waals surface area contributed by atoms with E-state index in [-0.39, 0.29) is 0 Å². The molecule has 130 valence electrons. The lowest BCUT2D eigenvalue weighted by molar-refractivity contribution is 0.0520. The van der Waals surface area contributed by atoms with Gasteiger partial charge in [0.25, 0.3) is 0 Å². The molecule has 0 aliphatic heterocycles. The minimum absolute atomic E-state index is 0.402. The Morgan fingerprint density at radius 2 is 1.78 bits per heavy atom. The van der Waals surface area contributed by atoms with Crippen LogP contribution in [0, 0.1) is 5.92 Å². The van der Waals surface area contributed by atoms with Crippen LogP contribution in [0.4, 0.5) is 10.5 Å². The van der Waals surface area contributed by atoms with Crippen molar-refractivity contribution in [1.29, 1.82) is 0 Å². The Morgan fingerprint density at radius 3 is 2.35 bits per heavy atom. The van der Waals surface area contributed by atoms with Crippen LogP contribution < -0.4 is 15.4 Å². The molecule has 23 heavy (non-hydrogen) atoms. The maximum Gasteiger partial charge on any atom is 0.407 e. The molecule has 0 radical (unpaired) electrons. The first-order chi connectivity index (χ1) is 10.8. The van der Waals surface area contributed by atoms with E-state index in [1.807, 2.05) is 45.0 Å². The number of benzene rings is 1. The third kappa shape index (κ3) is 9.66. The highest BCUT2D eigenvalue weighted by molar-refractivity contribution is 5.67. The first kappa shape index (κ1) is 19.1. The number of carbonyl (C=O) groups is 1. The largest absolute Gasteiger partial charge is 0.492 e. The molecule has 0 aliphatic carbocycles. The maximum atomic E-state index is 11.5. The second kappa shape index (κ2) is 9.28. The van der Waals surface area contributed by atoms with Crippen molar-refractivity contribution in [1.82, 2.24) is 5.32 Å². The summed E-state index contributed by atoms with van der Waals surface area (Å²) in [5.41, 5.74) is 0.605. The number of carbonyl (C=O) groups excluding carboxylic acids is 1. The molecular formula is C18H30N2O3. The average Bonchev–Trinajstić information content (AvgIpc) is 2.43. The third-order valence-corrected chi connectivity index (χ3v) is 2.94. The van der Waals surface area contributed by atoms with Crippen LogP contribution in [0.3, 0.4) is 0 Å². The predicted molar refractivity (Wildman–Crippen MR) is 94.1 cm³/mol. The van der Waals surface area contributed by atoms with Gasteiger partial charge in [-0.15, -0.1) is 0 Å². The van der Waals surface area contributed by atoms with Gasteiger partial charge in [-0.2, -0.15) is 0 Å². The zero-order valence-corrected chi connectivity index (χ0v) is 14.9. The van der Waals surface area contributed by atoms with Crippen molar-refractivity contribution in [2.45, 2.75) is 46.6 Å². The molecule has 0 heterocycles. The Balaban J connectivity index is 2.21. The molecule has 0 aliphatic rings. The summed E-state index contributed by atoms with van der Waals surface area (Å²) in [6.45, 7) is 11.7. The molecule has 0 bridgehead atoms. The van der Waals surface area contributed by atoms with Crippen molar-refractivity contribution in [3.05, 3.63) is 24.3 Å². The summed E-state index contributed by atoms with van der Waals surface area (Å²) < 4.78 is 10.7. The van der Waals surface area contributed by atoms with Gasteiger partial charge in [-0.3, -0.25) is 0 Å². The van der Waals surface area contributed by atoms with Crippen molar-refractivity contribution in [3.8, 4) is 5.75 Å². The lowest BCUT2D eigenvalue weighted by Crippen LogP contribution is -2.34. The fraction of sp³-hybridized carbons (Fsp3) is 0.611. The highest BCUT2D eigenvalue weighted by atomic mass is 16.6. The molecule has 0 aromatic heterocycles. The van der Waals surface area contributed by atoms with E-state index in [0.717, 1.165) is 24.4 Å². The number of hydrogen-bond donors (Lipinski definition) is 2. The number of amides is 1. The molecule has 1 aromatic carbocycles. The van der Waals surface area contributed by atoms with Crippen molar-refractivity contribution in [2.24, 2.45) is 5.92 Å². The Bertz CT molecular complexity index is 464. The quantitative estimate of drug-likeness (QED) is 0.709. The SMILES string of the molecule is CC(C)CCNc1ccc(OCCNC(=O)OC(C)(C)C)cc1. The highest BCUT2D eigenvalue weighted by Crippen LogP contribution is 2.16. The Labute approximate surface area is 139 Å². The van der Waals surface area contributed by atoms with Crippen LogP contribution in [0.15, 0.2) is 24.3 Å². The van der Waals surface area contributed by atoms with Crippen LogP contribution in [0.1, 0.15) is 41.0 Å². The van der Waals surface area contributed by atoms with Crippen molar-refractivity contribution >= 4 is 11.8 Å². The van der Waals surface area contributed by atoms with Crippen LogP contribution in [0.5, 0.6) is 5.75 Å². The number of ether oxygens (including phenoxy) is 2. The van der Waals surface area contributed by atoms with Crippen molar-refractivity contribution in [3.63, 3.8) is 0 Å². The number of rotatable bonds is 8. The second-order valence-electron chi connectivity index (χ2n) is 6.91. The lowest BCUT2D eigenvalue weighted by Gasteiger charge is -2.19. The second-order valence-corrected chi connectivity index (χ2v) is 6.91. The molecule has 1 aromatic rings. The summed E-state index contributed by atoms with van der Waals surface area (Å²) >= 11 is 0. The Kier molecular flexibility index (Phi) is 7.72. The normalized spacial score (nSPS) is 11.2. The monoisotopic (exact) mass is 322 g/mol. The summed E-state index contributed by atoms with van der Waals surface area (Å²) in [6, 6.07) is 7.84. The number of alkyl carbamates (subject to hydrolysis) is 1. The predicted octanol–water partition coefficient (Wildman–Crippen LogP) is 4.05. The maximum absolute atomic E-state index is 11.5. The summed E-state index contributed by atoms with van der Waals surface area (Å²) in [7, 11) is 0. The fourth-order valence-corrected chi connectivity index (χ4v) is 1.81. The minimum atomic E-state index is -0.483.